The number of hydrogen-bond acceptors (Lipinski definition) is 5. The number of likely N-dealkylation sites (tertiary alicyclic amines) is 1. The molecule has 140 valence electrons. The zero-order chi connectivity index (χ0) is 17.5. The fraction of sp³-hybridized carbons (Fsp3) is 0.700. The van der Waals surface area contributed by atoms with Crippen LogP contribution in [0.15, 0.2) is 24.3 Å². The van der Waals surface area contributed by atoms with E-state index in [1.807, 2.05) is 24.3 Å². The highest BCUT2D eigenvalue weighted by atomic mass is 16.5. The van der Waals surface area contributed by atoms with Gasteiger partial charge in [0.1, 0.15) is 18.5 Å². The van der Waals surface area contributed by atoms with E-state index in [1.165, 1.54) is 24.9 Å². The van der Waals surface area contributed by atoms with E-state index >= 15 is 0 Å². The highest BCUT2D eigenvalue weighted by molar-refractivity contribution is 5.26. The molecule has 1 aromatic rings. The summed E-state index contributed by atoms with van der Waals surface area (Å²) in [5.41, 5.74) is 1.22. The second-order valence-corrected chi connectivity index (χ2v) is 7.43. The average Bonchev–Trinajstić information content (AvgIpc) is 2.64. The molecule has 2 fully saturated rings. The number of piperidine rings is 1. The molecule has 1 atom stereocenters. The minimum absolute atomic E-state index is 0.358. The number of benzene rings is 1. The van der Waals surface area contributed by atoms with E-state index in [4.69, 9.17) is 9.47 Å². The Morgan fingerprint density at radius 3 is 2.44 bits per heavy atom. The summed E-state index contributed by atoms with van der Waals surface area (Å²) in [6.45, 7) is 10.4. The van der Waals surface area contributed by atoms with E-state index in [-0.39, 0.29) is 0 Å². The number of aliphatic hydroxyl groups excluding tert-OH is 1. The molecule has 0 spiro atoms. The van der Waals surface area contributed by atoms with Gasteiger partial charge < -0.3 is 19.5 Å². The van der Waals surface area contributed by atoms with Crippen LogP contribution in [0.1, 0.15) is 18.4 Å². The summed E-state index contributed by atoms with van der Waals surface area (Å²) < 4.78 is 11.1. The van der Waals surface area contributed by atoms with Crippen molar-refractivity contribution in [3.63, 3.8) is 0 Å². The van der Waals surface area contributed by atoms with E-state index < -0.39 is 6.10 Å². The molecular formula is C20H32N2O3. The smallest absolute Gasteiger partial charge is 0.119 e. The van der Waals surface area contributed by atoms with Gasteiger partial charge in [-0.05, 0) is 50.9 Å². The van der Waals surface area contributed by atoms with Crippen molar-refractivity contribution in [3.05, 3.63) is 29.8 Å². The van der Waals surface area contributed by atoms with Crippen LogP contribution in [-0.2, 0) is 4.74 Å². The molecule has 3 rings (SSSR count). The zero-order valence-corrected chi connectivity index (χ0v) is 15.4. The SMILES string of the molecule is Cc1ccc(OC[C@H](O)CN2CCC(CN3CCOCC3)CC2)cc1. The van der Waals surface area contributed by atoms with Crippen LogP contribution >= 0.6 is 0 Å². The zero-order valence-electron chi connectivity index (χ0n) is 15.4. The van der Waals surface area contributed by atoms with Gasteiger partial charge in [0.25, 0.3) is 0 Å². The second-order valence-electron chi connectivity index (χ2n) is 7.43. The van der Waals surface area contributed by atoms with E-state index in [0.29, 0.717) is 13.2 Å². The summed E-state index contributed by atoms with van der Waals surface area (Å²) in [4.78, 5) is 4.91. The topological polar surface area (TPSA) is 45.2 Å². The number of aliphatic hydroxyl groups is 1. The maximum Gasteiger partial charge on any atom is 0.119 e. The molecule has 0 radical (unpaired) electrons. The minimum atomic E-state index is -0.433. The standard InChI is InChI=1S/C20H32N2O3/c1-17-2-4-20(5-3-17)25-16-19(23)15-21-8-6-18(7-9-21)14-22-10-12-24-13-11-22/h2-5,18-19,23H,6-16H2,1H3/t19-/m1/s1. The van der Waals surface area contributed by atoms with Crippen molar-refractivity contribution < 1.29 is 14.6 Å². The lowest BCUT2D eigenvalue weighted by Crippen LogP contribution is -2.44. The first-order valence-electron chi connectivity index (χ1n) is 9.59. The van der Waals surface area contributed by atoms with Crippen LogP contribution in [0.4, 0.5) is 0 Å². The van der Waals surface area contributed by atoms with Gasteiger partial charge in [-0.15, -0.1) is 0 Å². The molecule has 1 aromatic carbocycles. The van der Waals surface area contributed by atoms with E-state index in [0.717, 1.165) is 51.1 Å². The Hall–Kier alpha value is -1.14. The Morgan fingerprint density at radius 1 is 1.08 bits per heavy atom. The lowest BCUT2D eigenvalue weighted by molar-refractivity contribution is 0.0191. The number of nitrogens with zero attached hydrogens (tertiary/aromatic N) is 2. The Balaban J connectivity index is 1.31. The van der Waals surface area contributed by atoms with Gasteiger partial charge in [0.15, 0.2) is 0 Å². The van der Waals surface area contributed by atoms with Gasteiger partial charge in [-0.25, -0.2) is 0 Å². The molecule has 2 aliphatic rings. The first-order chi connectivity index (χ1) is 12.2. The van der Waals surface area contributed by atoms with Crippen molar-refractivity contribution in [2.75, 3.05) is 59.1 Å². The lowest BCUT2D eigenvalue weighted by Gasteiger charge is -2.36. The predicted octanol–water partition coefficient (Wildman–Crippen LogP) is 1.78. The van der Waals surface area contributed by atoms with Crippen LogP contribution in [-0.4, -0.2) is 80.1 Å². The third kappa shape index (κ3) is 6.26. The van der Waals surface area contributed by atoms with Crippen molar-refractivity contribution in [1.29, 1.82) is 0 Å². The summed E-state index contributed by atoms with van der Waals surface area (Å²) in [6, 6.07) is 7.97. The lowest BCUT2D eigenvalue weighted by atomic mass is 9.96. The number of morpholine rings is 1. The fourth-order valence-corrected chi connectivity index (χ4v) is 3.68. The summed E-state index contributed by atoms with van der Waals surface area (Å²) in [7, 11) is 0. The third-order valence-electron chi connectivity index (χ3n) is 5.26. The molecule has 1 N–H and O–H groups in total. The molecule has 0 bridgehead atoms. The Kier molecular flexibility index (Phi) is 7.11. The minimum Gasteiger partial charge on any atom is -0.491 e. The van der Waals surface area contributed by atoms with E-state index in [2.05, 4.69) is 16.7 Å². The number of aryl methyl sites for hydroxylation is 1. The molecule has 2 heterocycles. The maximum atomic E-state index is 10.3. The number of hydrogen-bond donors (Lipinski definition) is 1. The Labute approximate surface area is 151 Å². The van der Waals surface area contributed by atoms with Gasteiger partial charge in [0, 0.05) is 26.2 Å². The summed E-state index contributed by atoms with van der Waals surface area (Å²) >= 11 is 0. The average molecular weight is 348 g/mol. The molecular weight excluding hydrogens is 316 g/mol. The molecule has 0 amide bonds. The number of β-amino-alcohol motifs (C(OH)–C–C–N with tert-alkyl or cyclic N) is 1. The van der Waals surface area contributed by atoms with Crippen LogP contribution in [0.3, 0.4) is 0 Å². The maximum absolute atomic E-state index is 10.3. The van der Waals surface area contributed by atoms with Crippen molar-refractivity contribution in [2.45, 2.75) is 25.9 Å². The Morgan fingerprint density at radius 2 is 1.76 bits per heavy atom. The predicted molar refractivity (Wildman–Crippen MR) is 99.1 cm³/mol. The van der Waals surface area contributed by atoms with Crippen molar-refractivity contribution in [1.82, 2.24) is 9.80 Å². The second kappa shape index (κ2) is 9.53. The number of rotatable bonds is 7. The van der Waals surface area contributed by atoms with Gasteiger partial charge in [-0.1, -0.05) is 17.7 Å². The van der Waals surface area contributed by atoms with Crippen LogP contribution in [0.25, 0.3) is 0 Å². The highest BCUT2D eigenvalue weighted by Gasteiger charge is 2.23. The molecule has 5 nitrogen and oxygen atoms in total. The summed E-state index contributed by atoms with van der Waals surface area (Å²) in [5, 5.41) is 10.3. The van der Waals surface area contributed by atoms with E-state index in [1.54, 1.807) is 0 Å². The van der Waals surface area contributed by atoms with Gasteiger partial charge in [-0.3, -0.25) is 4.90 Å². The molecule has 0 saturated carbocycles. The van der Waals surface area contributed by atoms with Gasteiger partial charge in [0.05, 0.1) is 13.2 Å². The van der Waals surface area contributed by atoms with Gasteiger partial charge >= 0.3 is 0 Å². The van der Waals surface area contributed by atoms with Crippen LogP contribution in [0, 0.1) is 12.8 Å². The molecule has 0 aromatic heterocycles. The first kappa shape index (κ1) is 18.6. The molecule has 25 heavy (non-hydrogen) atoms. The third-order valence-corrected chi connectivity index (χ3v) is 5.26. The normalized spacial score (nSPS) is 22.0. The quantitative estimate of drug-likeness (QED) is 0.814. The van der Waals surface area contributed by atoms with Crippen LogP contribution in [0.5, 0.6) is 5.75 Å². The van der Waals surface area contributed by atoms with Gasteiger partial charge in [-0.2, -0.15) is 0 Å². The molecule has 5 heteroatoms. The van der Waals surface area contributed by atoms with Crippen LogP contribution in [0.2, 0.25) is 0 Å². The monoisotopic (exact) mass is 348 g/mol. The fourth-order valence-electron chi connectivity index (χ4n) is 3.68. The summed E-state index contributed by atoms with van der Waals surface area (Å²) in [6.07, 6.45) is 2.02. The molecule has 2 aliphatic heterocycles. The summed E-state index contributed by atoms with van der Waals surface area (Å²) in [5.74, 6) is 1.61. The van der Waals surface area contributed by atoms with Crippen molar-refractivity contribution in [3.8, 4) is 5.75 Å². The molecule has 2 saturated heterocycles. The van der Waals surface area contributed by atoms with E-state index in [9.17, 15) is 5.11 Å². The molecule has 0 unspecified atom stereocenters. The highest BCUT2D eigenvalue weighted by Crippen LogP contribution is 2.19. The Bertz CT molecular complexity index is 494. The molecule has 0 aliphatic carbocycles. The first-order valence-corrected chi connectivity index (χ1v) is 9.59. The van der Waals surface area contributed by atoms with Crippen molar-refractivity contribution >= 4 is 0 Å². The van der Waals surface area contributed by atoms with Gasteiger partial charge in [0.2, 0.25) is 0 Å². The number of ether oxygens (including phenoxy) is 2. The van der Waals surface area contributed by atoms with Crippen molar-refractivity contribution in [2.24, 2.45) is 5.92 Å². The largest absolute Gasteiger partial charge is 0.491 e. The van der Waals surface area contributed by atoms with Crippen LogP contribution < -0.4 is 4.74 Å².